The molecule has 0 saturated carbocycles. The first-order chi connectivity index (χ1) is 17.7. The first-order valence-electron chi connectivity index (χ1n) is 10.6. The van der Waals surface area contributed by atoms with Crippen LogP contribution < -0.4 is 10.1 Å². The van der Waals surface area contributed by atoms with E-state index in [0.717, 1.165) is 18.3 Å². The number of ether oxygens (including phenoxy) is 1. The summed E-state index contributed by atoms with van der Waals surface area (Å²) in [6.07, 6.45) is -13.4. The number of pyridine rings is 1. The van der Waals surface area contributed by atoms with Crippen molar-refractivity contribution in [3.63, 3.8) is 0 Å². The van der Waals surface area contributed by atoms with Gasteiger partial charge in [0, 0.05) is 30.8 Å². The number of allylic oxidation sites excluding steroid dienone is 1. The van der Waals surface area contributed by atoms with Gasteiger partial charge in [0.1, 0.15) is 17.1 Å². The highest BCUT2D eigenvalue weighted by Crippen LogP contribution is 2.37. The van der Waals surface area contributed by atoms with Crippen molar-refractivity contribution in [1.29, 1.82) is 0 Å². The number of halogens is 9. The van der Waals surface area contributed by atoms with E-state index >= 15 is 0 Å². The largest absolute Gasteiger partial charge is 0.461 e. The van der Waals surface area contributed by atoms with Crippen molar-refractivity contribution in [1.82, 2.24) is 10.3 Å². The van der Waals surface area contributed by atoms with Gasteiger partial charge in [0.2, 0.25) is 5.91 Å². The second-order valence-electron chi connectivity index (χ2n) is 7.93. The molecule has 0 radical (unpaired) electrons. The van der Waals surface area contributed by atoms with E-state index in [1.807, 2.05) is 0 Å². The molecule has 13 heteroatoms. The number of benzene rings is 2. The molecule has 0 aliphatic heterocycles. The molecule has 1 heterocycles. The lowest BCUT2D eigenvalue weighted by Crippen LogP contribution is -2.49. The van der Waals surface area contributed by atoms with Gasteiger partial charge in [0.25, 0.3) is 0 Å². The van der Waals surface area contributed by atoms with Gasteiger partial charge < -0.3 is 10.1 Å². The minimum absolute atomic E-state index is 0.0864. The maximum absolute atomic E-state index is 14.7. The molecule has 38 heavy (non-hydrogen) atoms. The fourth-order valence-electron chi connectivity index (χ4n) is 3.54. The van der Waals surface area contributed by atoms with Crippen LogP contribution in [0.25, 0.3) is 0 Å². The smallest absolute Gasteiger partial charge is 0.428 e. The number of carbonyl (C=O) groups excluding carboxylic acids is 1. The van der Waals surface area contributed by atoms with E-state index in [0.29, 0.717) is 11.6 Å². The van der Waals surface area contributed by atoms with E-state index in [9.17, 15) is 39.9 Å². The van der Waals surface area contributed by atoms with Crippen LogP contribution in [0.3, 0.4) is 0 Å². The van der Waals surface area contributed by atoms with E-state index in [4.69, 9.17) is 11.6 Å². The molecule has 3 aromatic rings. The molecular formula is C25H17ClF8N2O2. The third kappa shape index (κ3) is 7.44. The minimum atomic E-state index is -5.00. The Morgan fingerprint density at radius 3 is 2.29 bits per heavy atom. The number of alkyl halides is 7. The Balaban J connectivity index is 2.26. The molecule has 0 bridgehead atoms. The van der Waals surface area contributed by atoms with Crippen LogP contribution in [0.1, 0.15) is 16.8 Å². The van der Waals surface area contributed by atoms with Gasteiger partial charge in [-0.15, -0.1) is 0 Å². The average Bonchev–Trinajstić information content (AvgIpc) is 2.82. The summed E-state index contributed by atoms with van der Waals surface area (Å²) >= 11 is 5.91. The molecular weight excluding hydrogens is 548 g/mol. The van der Waals surface area contributed by atoms with Crippen molar-refractivity contribution in [3.8, 4) is 5.75 Å². The molecule has 0 spiro atoms. The average molecular weight is 565 g/mol. The van der Waals surface area contributed by atoms with Crippen LogP contribution in [0.2, 0.25) is 5.02 Å². The molecule has 1 aromatic heterocycles. The zero-order valence-electron chi connectivity index (χ0n) is 19.0. The topological polar surface area (TPSA) is 51.2 Å². The number of hydrogen-bond acceptors (Lipinski definition) is 3. The molecule has 1 unspecified atom stereocenters. The Hall–Kier alpha value is -3.67. The van der Waals surface area contributed by atoms with Crippen LogP contribution in [-0.4, -0.2) is 29.6 Å². The normalized spacial score (nSPS) is 13.9. The zero-order chi connectivity index (χ0) is 28.1. The number of carbonyl (C=O) groups is 1. The van der Waals surface area contributed by atoms with Crippen molar-refractivity contribution in [2.45, 2.75) is 30.7 Å². The summed E-state index contributed by atoms with van der Waals surface area (Å²) in [7, 11) is 0. The van der Waals surface area contributed by atoms with Crippen molar-refractivity contribution >= 4 is 17.5 Å². The molecule has 1 N–H and O–H groups in total. The Kier molecular flexibility index (Phi) is 8.65. The highest BCUT2D eigenvalue weighted by Gasteiger charge is 2.45. The zero-order valence-corrected chi connectivity index (χ0v) is 19.7. The second-order valence-corrected chi connectivity index (χ2v) is 8.37. The molecule has 202 valence electrons. The lowest BCUT2D eigenvalue weighted by molar-refractivity contribution is -0.253. The first-order valence-corrected chi connectivity index (χ1v) is 11.0. The maximum Gasteiger partial charge on any atom is 0.461 e. The van der Waals surface area contributed by atoms with Crippen molar-refractivity contribution in [2.75, 3.05) is 0 Å². The Morgan fingerprint density at radius 1 is 1.03 bits per heavy atom. The SMILES string of the molecule is O=C(/C=C/C(F)(F)F)NC(Cc1ccccc1)(c1cc(F)cc(OC(F)(F)C(F)F)c1)c1ccc(Cl)cn1. The molecule has 0 aliphatic carbocycles. The molecule has 3 rings (SSSR count). The van der Waals surface area contributed by atoms with E-state index in [1.165, 1.54) is 12.1 Å². The van der Waals surface area contributed by atoms with E-state index < -0.39 is 41.7 Å². The van der Waals surface area contributed by atoms with Gasteiger partial charge in [-0.25, -0.2) is 4.39 Å². The molecule has 4 nitrogen and oxygen atoms in total. The minimum Gasteiger partial charge on any atom is -0.428 e. The Bertz CT molecular complexity index is 1280. The predicted octanol–water partition coefficient (Wildman–Crippen LogP) is 6.83. The summed E-state index contributed by atoms with van der Waals surface area (Å²) in [5, 5.41) is 2.48. The van der Waals surface area contributed by atoms with Crippen molar-refractivity contribution < 1.29 is 44.7 Å². The first kappa shape index (κ1) is 28.9. The van der Waals surface area contributed by atoms with Gasteiger partial charge in [-0.3, -0.25) is 9.78 Å². The van der Waals surface area contributed by atoms with Crippen molar-refractivity contribution in [2.24, 2.45) is 0 Å². The van der Waals surface area contributed by atoms with E-state index in [-0.39, 0.29) is 34.9 Å². The number of amides is 1. The van der Waals surface area contributed by atoms with Crippen molar-refractivity contribution in [3.05, 3.63) is 107 Å². The third-order valence-corrected chi connectivity index (χ3v) is 5.33. The summed E-state index contributed by atoms with van der Waals surface area (Å²) < 4.78 is 110. The summed E-state index contributed by atoms with van der Waals surface area (Å²) in [5.41, 5.74) is -1.99. The quantitative estimate of drug-likeness (QED) is 0.229. The number of rotatable bonds is 9. The van der Waals surface area contributed by atoms with Gasteiger partial charge in [-0.05, 0) is 35.4 Å². The summed E-state index contributed by atoms with van der Waals surface area (Å²) in [6, 6.07) is 12.5. The number of nitrogens with zero attached hydrogens (tertiary/aromatic N) is 1. The number of nitrogens with one attached hydrogen (secondary N) is 1. The molecule has 1 amide bonds. The Morgan fingerprint density at radius 2 is 1.71 bits per heavy atom. The fraction of sp³-hybridized carbons (Fsp3) is 0.200. The molecule has 2 aromatic carbocycles. The third-order valence-electron chi connectivity index (χ3n) is 5.11. The van der Waals surface area contributed by atoms with E-state index in [2.05, 4.69) is 15.0 Å². The fourth-order valence-corrected chi connectivity index (χ4v) is 3.65. The number of aromatic nitrogens is 1. The van der Waals surface area contributed by atoms with Gasteiger partial charge in [0.15, 0.2) is 0 Å². The summed E-state index contributed by atoms with van der Waals surface area (Å²) in [5.74, 6) is -3.56. The molecule has 0 saturated heterocycles. The predicted molar refractivity (Wildman–Crippen MR) is 121 cm³/mol. The van der Waals surface area contributed by atoms with Crippen LogP contribution in [0, 0.1) is 5.82 Å². The lowest BCUT2D eigenvalue weighted by Gasteiger charge is -2.35. The molecule has 1 atom stereocenters. The standard InChI is InChI=1S/C25H17ClF8N2O2/c26-17-6-7-20(35-14-17)23(13-15-4-2-1-3-5-15,36-21(37)8-9-24(30,31)32)16-10-18(27)12-19(11-16)38-25(33,34)22(28)29/h1-12,14,22H,13H2,(H,36,37)/b9-8+. The van der Waals surface area contributed by atoms with Crippen LogP contribution in [0.15, 0.2) is 79.0 Å². The monoisotopic (exact) mass is 564 g/mol. The highest BCUT2D eigenvalue weighted by atomic mass is 35.5. The van der Waals surface area contributed by atoms with Crippen LogP contribution in [0.4, 0.5) is 35.1 Å². The van der Waals surface area contributed by atoms with Gasteiger partial charge in [0.05, 0.1) is 10.7 Å². The second kappa shape index (κ2) is 11.4. The van der Waals surface area contributed by atoms with E-state index in [1.54, 1.807) is 30.3 Å². The molecule has 0 aliphatic rings. The van der Waals surface area contributed by atoms with Gasteiger partial charge >= 0.3 is 18.7 Å². The van der Waals surface area contributed by atoms with Gasteiger partial charge in [-0.2, -0.15) is 30.7 Å². The van der Waals surface area contributed by atoms with Crippen LogP contribution in [0.5, 0.6) is 5.75 Å². The van der Waals surface area contributed by atoms with Crippen LogP contribution >= 0.6 is 11.6 Å². The molecule has 0 fully saturated rings. The Labute approximate surface area is 215 Å². The maximum atomic E-state index is 14.7. The number of hydrogen-bond donors (Lipinski definition) is 1. The summed E-state index contributed by atoms with van der Waals surface area (Å²) in [4.78, 5) is 16.8. The van der Waals surface area contributed by atoms with Crippen LogP contribution in [-0.2, 0) is 16.8 Å². The highest BCUT2D eigenvalue weighted by molar-refractivity contribution is 6.30. The summed E-state index contributed by atoms with van der Waals surface area (Å²) in [6.45, 7) is 0. The van der Waals surface area contributed by atoms with Gasteiger partial charge in [-0.1, -0.05) is 41.9 Å². The lowest BCUT2D eigenvalue weighted by atomic mass is 9.80.